The number of benzene rings is 2. The minimum atomic E-state index is -4.41. The molecule has 0 radical (unpaired) electrons. The van der Waals surface area contributed by atoms with E-state index in [0.29, 0.717) is 13.0 Å². The van der Waals surface area contributed by atoms with Gasteiger partial charge in [-0.2, -0.15) is 13.2 Å². The number of hydrogen-bond donors (Lipinski definition) is 2. The molecular formula is C20H23F3N2O2. The number of rotatable bonds is 8. The maximum Gasteiger partial charge on any atom is 0.416 e. The molecule has 4 nitrogen and oxygen atoms in total. The summed E-state index contributed by atoms with van der Waals surface area (Å²) in [5.41, 5.74) is 0.552. The molecule has 0 aliphatic heterocycles. The van der Waals surface area contributed by atoms with E-state index in [1.165, 1.54) is 12.1 Å². The van der Waals surface area contributed by atoms with E-state index >= 15 is 0 Å². The number of alkyl halides is 3. The zero-order valence-corrected chi connectivity index (χ0v) is 15.3. The molecule has 0 aliphatic carbocycles. The van der Waals surface area contributed by atoms with Gasteiger partial charge in [-0.15, -0.1) is 0 Å². The molecule has 0 saturated carbocycles. The molecular weight excluding hydrogens is 357 g/mol. The fourth-order valence-electron chi connectivity index (χ4n) is 2.40. The van der Waals surface area contributed by atoms with Crippen LogP contribution in [0.5, 0.6) is 5.75 Å². The van der Waals surface area contributed by atoms with E-state index in [1.807, 2.05) is 38.1 Å². The third-order valence-corrected chi connectivity index (χ3v) is 3.67. The Morgan fingerprint density at radius 3 is 2.44 bits per heavy atom. The van der Waals surface area contributed by atoms with Gasteiger partial charge in [-0.25, -0.2) is 0 Å². The predicted octanol–water partition coefficient (Wildman–Crippen LogP) is 4.26. The largest absolute Gasteiger partial charge is 0.491 e. The number of hydrogen-bond acceptors (Lipinski definition) is 3. The number of amides is 1. The predicted molar refractivity (Wildman–Crippen MR) is 98.9 cm³/mol. The van der Waals surface area contributed by atoms with Crippen LogP contribution in [0.3, 0.4) is 0 Å². The highest BCUT2D eigenvalue weighted by Crippen LogP contribution is 2.30. The molecule has 7 heteroatoms. The van der Waals surface area contributed by atoms with E-state index < -0.39 is 11.7 Å². The van der Waals surface area contributed by atoms with Crippen molar-refractivity contribution in [2.45, 2.75) is 32.5 Å². The fourth-order valence-corrected chi connectivity index (χ4v) is 2.40. The van der Waals surface area contributed by atoms with Gasteiger partial charge in [0.25, 0.3) is 0 Å². The molecule has 0 aliphatic rings. The SMILES string of the molecule is CC(C)Oc1ccc(CCNC(=O)CNc2cccc(C(F)(F)F)c2)cc1. The molecule has 0 unspecified atom stereocenters. The first-order chi connectivity index (χ1) is 12.7. The van der Waals surface area contributed by atoms with E-state index in [4.69, 9.17) is 4.74 Å². The summed E-state index contributed by atoms with van der Waals surface area (Å²) in [6.45, 7) is 4.25. The van der Waals surface area contributed by atoms with Crippen molar-refractivity contribution < 1.29 is 22.7 Å². The Morgan fingerprint density at radius 1 is 1.11 bits per heavy atom. The van der Waals surface area contributed by atoms with Gasteiger partial charge < -0.3 is 15.4 Å². The number of carbonyl (C=O) groups excluding carboxylic acids is 1. The lowest BCUT2D eigenvalue weighted by Gasteiger charge is -2.11. The van der Waals surface area contributed by atoms with Crippen molar-refractivity contribution in [2.24, 2.45) is 0 Å². The Morgan fingerprint density at radius 2 is 1.81 bits per heavy atom. The molecule has 0 saturated heterocycles. The number of ether oxygens (including phenoxy) is 1. The van der Waals surface area contributed by atoms with Crippen LogP contribution in [0.1, 0.15) is 25.0 Å². The summed E-state index contributed by atoms with van der Waals surface area (Å²) >= 11 is 0. The van der Waals surface area contributed by atoms with Gasteiger partial charge in [0.05, 0.1) is 18.2 Å². The van der Waals surface area contributed by atoms with Crippen molar-refractivity contribution in [3.8, 4) is 5.75 Å². The van der Waals surface area contributed by atoms with Crippen LogP contribution in [0, 0.1) is 0 Å². The van der Waals surface area contributed by atoms with Gasteiger partial charge in [0.15, 0.2) is 0 Å². The summed E-state index contributed by atoms with van der Waals surface area (Å²) in [5, 5.41) is 5.44. The average Bonchev–Trinajstić information content (AvgIpc) is 2.60. The highest BCUT2D eigenvalue weighted by Gasteiger charge is 2.30. The van der Waals surface area contributed by atoms with E-state index in [-0.39, 0.29) is 24.2 Å². The smallest absolute Gasteiger partial charge is 0.416 e. The lowest BCUT2D eigenvalue weighted by Crippen LogP contribution is -2.31. The van der Waals surface area contributed by atoms with Crippen LogP contribution in [0.2, 0.25) is 0 Å². The Kier molecular flexibility index (Phi) is 7.10. The third kappa shape index (κ3) is 7.21. The first kappa shape index (κ1) is 20.6. The summed E-state index contributed by atoms with van der Waals surface area (Å²) in [6, 6.07) is 12.4. The van der Waals surface area contributed by atoms with Gasteiger partial charge in [-0.05, 0) is 56.2 Å². The number of carbonyl (C=O) groups is 1. The molecule has 0 heterocycles. The maximum absolute atomic E-state index is 12.7. The van der Waals surface area contributed by atoms with Crippen LogP contribution in [0.25, 0.3) is 0 Å². The van der Waals surface area contributed by atoms with Gasteiger partial charge in [0.2, 0.25) is 5.91 Å². The van der Waals surface area contributed by atoms with Crippen LogP contribution in [-0.4, -0.2) is 25.1 Å². The maximum atomic E-state index is 12.7. The first-order valence-electron chi connectivity index (χ1n) is 8.67. The van der Waals surface area contributed by atoms with Crippen molar-refractivity contribution >= 4 is 11.6 Å². The zero-order valence-electron chi connectivity index (χ0n) is 15.3. The van der Waals surface area contributed by atoms with Gasteiger partial charge in [0, 0.05) is 12.2 Å². The molecule has 1 amide bonds. The van der Waals surface area contributed by atoms with E-state index in [0.717, 1.165) is 23.4 Å². The molecule has 27 heavy (non-hydrogen) atoms. The quantitative estimate of drug-likeness (QED) is 0.719. The van der Waals surface area contributed by atoms with E-state index in [1.54, 1.807) is 0 Å². The van der Waals surface area contributed by atoms with Crippen LogP contribution in [0.4, 0.5) is 18.9 Å². The highest BCUT2D eigenvalue weighted by atomic mass is 19.4. The summed E-state index contributed by atoms with van der Waals surface area (Å²) in [5.74, 6) is 0.509. The average molecular weight is 380 g/mol. The topological polar surface area (TPSA) is 50.4 Å². The van der Waals surface area contributed by atoms with Crippen molar-refractivity contribution in [3.63, 3.8) is 0 Å². The number of nitrogens with one attached hydrogen (secondary N) is 2. The normalized spacial score (nSPS) is 11.3. The zero-order chi connectivity index (χ0) is 19.9. The van der Waals surface area contributed by atoms with Crippen molar-refractivity contribution in [1.82, 2.24) is 5.32 Å². The minimum absolute atomic E-state index is 0.0948. The number of anilines is 1. The second kappa shape index (κ2) is 9.30. The molecule has 2 aromatic rings. The lowest BCUT2D eigenvalue weighted by molar-refractivity contribution is -0.137. The standard InChI is InChI=1S/C20H23F3N2O2/c1-14(2)27-18-8-6-15(7-9-18)10-11-24-19(26)13-25-17-5-3-4-16(12-17)20(21,22)23/h3-9,12,14,25H,10-11,13H2,1-2H3,(H,24,26). The van der Waals surface area contributed by atoms with Crippen molar-refractivity contribution in [1.29, 1.82) is 0 Å². The minimum Gasteiger partial charge on any atom is -0.491 e. The molecule has 0 spiro atoms. The van der Waals surface area contributed by atoms with Crippen LogP contribution in [0.15, 0.2) is 48.5 Å². The summed E-state index contributed by atoms with van der Waals surface area (Å²) in [6.07, 6.45) is -3.65. The van der Waals surface area contributed by atoms with Crippen molar-refractivity contribution in [2.75, 3.05) is 18.4 Å². The van der Waals surface area contributed by atoms with Gasteiger partial charge >= 0.3 is 6.18 Å². The molecule has 0 aromatic heterocycles. The van der Waals surface area contributed by atoms with E-state index in [9.17, 15) is 18.0 Å². The molecule has 2 N–H and O–H groups in total. The van der Waals surface area contributed by atoms with Crippen LogP contribution < -0.4 is 15.4 Å². The Hall–Kier alpha value is -2.70. The molecule has 0 fully saturated rings. The van der Waals surface area contributed by atoms with E-state index in [2.05, 4.69) is 10.6 Å². The van der Waals surface area contributed by atoms with Gasteiger partial charge in [-0.1, -0.05) is 18.2 Å². The van der Waals surface area contributed by atoms with Crippen molar-refractivity contribution in [3.05, 3.63) is 59.7 Å². The molecule has 0 atom stereocenters. The van der Waals surface area contributed by atoms with Gasteiger partial charge in [0.1, 0.15) is 5.75 Å². The molecule has 2 aromatic carbocycles. The van der Waals surface area contributed by atoms with Crippen LogP contribution >= 0.6 is 0 Å². The molecule has 2 rings (SSSR count). The monoisotopic (exact) mass is 380 g/mol. The second-order valence-electron chi connectivity index (χ2n) is 6.34. The third-order valence-electron chi connectivity index (χ3n) is 3.67. The Labute approximate surface area is 156 Å². The van der Waals surface area contributed by atoms with Gasteiger partial charge in [-0.3, -0.25) is 4.79 Å². The summed E-state index contributed by atoms with van der Waals surface area (Å²) in [7, 11) is 0. The molecule has 146 valence electrons. The summed E-state index contributed by atoms with van der Waals surface area (Å²) in [4.78, 5) is 11.8. The first-order valence-corrected chi connectivity index (χ1v) is 8.67. The highest BCUT2D eigenvalue weighted by molar-refractivity contribution is 5.80. The lowest BCUT2D eigenvalue weighted by atomic mass is 10.1. The number of halogens is 3. The second-order valence-corrected chi connectivity index (χ2v) is 6.34. The molecule has 0 bridgehead atoms. The Bertz CT molecular complexity index is 744. The van der Waals surface area contributed by atoms with Crippen LogP contribution in [-0.2, 0) is 17.4 Å². The fraction of sp³-hybridized carbons (Fsp3) is 0.350. The summed E-state index contributed by atoms with van der Waals surface area (Å²) < 4.78 is 43.6. The Balaban J connectivity index is 1.74.